The number of amides is 1. The van der Waals surface area contributed by atoms with Crippen LogP contribution in [0.4, 0.5) is 11.4 Å². The Labute approximate surface area is 141 Å². The summed E-state index contributed by atoms with van der Waals surface area (Å²) in [6.07, 6.45) is 1.05. The molecule has 0 saturated heterocycles. The molecule has 2 rings (SSSR count). The summed E-state index contributed by atoms with van der Waals surface area (Å²) in [6, 6.07) is 15.3. The number of sulfonamides is 1. The third-order valence-electron chi connectivity index (χ3n) is 3.33. The van der Waals surface area contributed by atoms with Crippen molar-refractivity contribution in [3.63, 3.8) is 0 Å². The first-order valence-corrected chi connectivity index (χ1v) is 8.99. The average molecular weight is 343 g/mol. The van der Waals surface area contributed by atoms with Gasteiger partial charge in [0.1, 0.15) is 12.6 Å². The SMILES string of the molecule is Cc1ccc(N(CC(=O)Nc2ccccc2C#N)S(C)(=O)=O)cc1. The highest BCUT2D eigenvalue weighted by Gasteiger charge is 2.21. The average Bonchev–Trinajstić information content (AvgIpc) is 2.53. The van der Waals surface area contributed by atoms with Gasteiger partial charge in [-0.05, 0) is 31.2 Å². The molecular weight excluding hydrogens is 326 g/mol. The number of carbonyl (C=O) groups is 1. The van der Waals surface area contributed by atoms with Gasteiger partial charge in [0.2, 0.25) is 15.9 Å². The molecule has 0 atom stereocenters. The maximum atomic E-state index is 12.3. The van der Waals surface area contributed by atoms with Crippen LogP contribution in [0.5, 0.6) is 0 Å². The van der Waals surface area contributed by atoms with E-state index >= 15 is 0 Å². The van der Waals surface area contributed by atoms with Gasteiger partial charge in [-0.15, -0.1) is 0 Å². The van der Waals surface area contributed by atoms with Crippen LogP contribution in [0.25, 0.3) is 0 Å². The molecule has 1 N–H and O–H groups in total. The lowest BCUT2D eigenvalue weighted by molar-refractivity contribution is -0.114. The maximum Gasteiger partial charge on any atom is 0.245 e. The number of aryl methyl sites for hydroxylation is 1. The molecule has 0 aromatic heterocycles. The second-order valence-corrected chi connectivity index (χ2v) is 7.22. The normalized spacial score (nSPS) is 10.7. The zero-order chi connectivity index (χ0) is 17.7. The molecule has 0 unspecified atom stereocenters. The fourth-order valence-corrected chi connectivity index (χ4v) is 2.98. The van der Waals surface area contributed by atoms with Gasteiger partial charge in [-0.2, -0.15) is 5.26 Å². The lowest BCUT2D eigenvalue weighted by Crippen LogP contribution is -2.37. The lowest BCUT2D eigenvalue weighted by Gasteiger charge is -2.22. The summed E-state index contributed by atoms with van der Waals surface area (Å²) in [4.78, 5) is 12.3. The molecule has 6 nitrogen and oxygen atoms in total. The van der Waals surface area contributed by atoms with E-state index in [0.29, 0.717) is 16.9 Å². The summed E-state index contributed by atoms with van der Waals surface area (Å²) >= 11 is 0. The number of benzene rings is 2. The van der Waals surface area contributed by atoms with Crippen LogP contribution in [0.15, 0.2) is 48.5 Å². The third kappa shape index (κ3) is 4.33. The molecule has 7 heteroatoms. The maximum absolute atomic E-state index is 12.3. The van der Waals surface area contributed by atoms with Crippen LogP contribution in [0.1, 0.15) is 11.1 Å². The molecule has 0 aliphatic heterocycles. The van der Waals surface area contributed by atoms with Gasteiger partial charge in [0, 0.05) is 0 Å². The molecular formula is C17H17N3O3S. The Balaban J connectivity index is 2.23. The van der Waals surface area contributed by atoms with Gasteiger partial charge in [0.05, 0.1) is 23.2 Å². The number of carbonyl (C=O) groups excluding carboxylic acids is 1. The Morgan fingerprint density at radius 1 is 1.17 bits per heavy atom. The van der Waals surface area contributed by atoms with Crippen LogP contribution in [0, 0.1) is 18.3 Å². The van der Waals surface area contributed by atoms with Crippen LogP contribution in [-0.4, -0.2) is 27.1 Å². The smallest absolute Gasteiger partial charge is 0.245 e. The van der Waals surface area contributed by atoms with E-state index in [-0.39, 0.29) is 6.54 Å². The molecule has 1 amide bonds. The number of anilines is 2. The van der Waals surface area contributed by atoms with E-state index in [2.05, 4.69) is 5.32 Å². The molecule has 0 saturated carbocycles. The summed E-state index contributed by atoms with van der Waals surface area (Å²) < 4.78 is 25.1. The van der Waals surface area contributed by atoms with Crippen LogP contribution in [0.2, 0.25) is 0 Å². The second kappa shape index (κ2) is 7.15. The van der Waals surface area contributed by atoms with E-state index in [0.717, 1.165) is 16.1 Å². The van der Waals surface area contributed by atoms with Gasteiger partial charge in [-0.3, -0.25) is 9.10 Å². The van der Waals surface area contributed by atoms with Gasteiger partial charge in [-0.25, -0.2) is 8.42 Å². The van der Waals surface area contributed by atoms with E-state index in [1.807, 2.05) is 13.0 Å². The number of nitrogens with zero attached hydrogens (tertiary/aromatic N) is 2. The highest BCUT2D eigenvalue weighted by atomic mass is 32.2. The van der Waals surface area contributed by atoms with Crippen molar-refractivity contribution in [2.45, 2.75) is 6.92 Å². The summed E-state index contributed by atoms with van der Waals surface area (Å²) in [5.41, 5.74) is 2.06. The Kier molecular flexibility index (Phi) is 5.21. The first-order chi connectivity index (χ1) is 11.3. The summed E-state index contributed by atoms with van der Waals surface area (Å²) in [5.74, 6) is -0.524. The van der Waals surface area contributed by atoms with Crippen molar-refractivity contribution in [1.82, 2.24) is 0 Å². The number of rotatable bonds is 5. The lowest BCUT2D eigenvalue weighted by atomic mass is 10.2. The number of para-hydroxylation sites is 1. The molecule has 0 spiro atoms. The number of nitriles is 1. The number of hydrogen-bond acceptors (Lipinski definition) is 4. The molecule has 0 fully saturated rings. The highest BCUT2D eigenvalue weighted by Crippen LogP contribution is 2.19. The van der Waals surface area contributed by atoms with Gasteiger partial charge >= 0.3 is 0 Å². The topological polar surface area (TPSA) is 90.3 Å². The Morgan fingerprint density at radius 2 is 1.79 bits per heavy atom. The highest BCUT2D eigenvalue weighted by molar-refractivity contribution is 7.92. The Hall–Kier alpha value is -2.85. The molecule has 0 aliphatic rings. The van der Waals surface area contributed by atoms with Crippen molar-refractivity contribution in [3.8, 4) is 6.07 Å². The van der Waals surface area contributed by atoms with Crippen molar-refractivity contribution < 1.29 is 13.2 Å². The van der Waals surface area contributed by atoms with Crippen LogP contribution in [0.3, 0.4) is 0 Å². The van der Waals surface area contributed by atoms with Crippen LogP contribution >= 0.6 is 0 Å². The predicted molar refractivity (Wildman–Crippen MR) is 93.2 cm³/mol. The monoisotopic (exact) mass is 343 g/mol. The first-order valence-electron chi connectivity index (χ1n) is 7.14. The minimum Gasteiger partial charge on any atom is -0.323 e. The number of hydrogen-bond donors (Lipinski definition) is 1. The molecule has 0 bridgehead atoms. The number of nitrogens with one attached hydrogen (secondary N) is 1. The van der Waals surface area contributed by atoms with Crippen molar-refractivity contribution in [1.29, 1.82) is 5.26 Å². The zero-order valence-corrected chi connectivity index (χ0v) is 14.2. The molecule has 124 valence electrons. The van der Waals surface area contributed by atoms with Crippen molar-refractivity contribution >= 4 is 27.3 Å². The predicted octanol–water partition coefficient (Wildman–Crippen LogP) is 2.27. The third-order valence-corrected chi connectivity index (χ3v) is 4.47. The largest absolute Gasteiger partial charge is 0.323 e. The van der Waals surface area contributed by atoms with Crippen molar-refractivity contribution in [2.75, 3.05) is 22.4 Å². The quantitative estimate of drug-likeness (QED) is 0.902. The van der Waals surface area contributed by atoms with Gasteiger partial charge < -0.3 is 5.32 Å². The fraction of sp³-hybridized carbons (Fsp3) is 0.176. The van der Waals surface area contributed by atoms with Crippen molar-refractivity contribution in [3.05, 3.63) is 59.7 Å². The molecule has 0 heterocycles. The van der Waals surface area contributed by atoms with E-state index in [9.17, 15) is 13.2 Å². The van der Waals surface area contributed by atoms with E-state index in [4.69, 9.17) is 5.26 Å². The van der Waals surface area contributed by atoms with Gasteiger partial charge in [0.25, 0.3) is 0 Å². The minimum atomic E-state index is -3.63. The van der Waals surface area contributed by atoms with Crippen LogP contribution in [-0.2, 0) is 14.8 Å². The second-order valence-electron chi connectivity index (χ2n) is 5.31. The molecule has 0 radical (unpaired) electrons. The van der Waals surface area contributed by atoms with E-state index in [1.54, 1.807) is 48.5 Å². The summed E-state index contributed by atoms with van der Waals surface area (Å²) in [5, 5.41) is 11.6. The zero-order valence-electron chi connectivity index (χ0n) is 13.4. The molecule has 2 aromatic rings. The van der Waals surface area contributed by atoms with Crippen LogP contribution < -0.4 is 9.62 Å². The van der Waals surface area contributed by atoms with E-state index < -0.39 is 15.9 Å². The minimum absolute atomic E-state index is 0.312. The Bertz CT molecular complexity index is 884. The van der Waals surface area contributed by atoms with Crippen molar-refractivity contribution in [2.24, 2.45) is 0 Å². The van der Waals surface area contributed by atoms with Gasteiger partial charge in [-0.1, -0.05) is 29.8 Å². The van der Waals surface area contributed by atoms with E-state index in [1.165, 1.54) is 0 Å². The standard InChI is InChI=1S/C17H17N3O3S/c1-13-7-9-15(10-8-13)20(24(2,22)23)12-17(21)19-16-6-4-3-5-14(16)11-18/h3-10H,12H2,1-2H3,(H,19,21). The van der Waals surface area contributed by atoms with Gasteiger partial charge in [0.15, 0.2) is 0 Å². The summed E-state index contributed by atoms with van der Waals surface area (Å²) in [6.45, 7) is 1.52. The molecule has 24 heavy (non-hydrogen) atoms. The summed E-state index contributed by atoms with van der Waals surface area (Å²) in [7, 11) is -3.63. The first kappa shape index (κ1) is 17.5. The fourth-order valence-electron chi connectivity index (χ4n) is 2.12. The Morgan fingerprint density at radius 3 is 2.38 bits per heavy atom. The molecule has 0 aliphatic carbocycles. The molecule has 2 aromatic carbocycles.